The molecule has 0 saturated carbocycles. The third kappa shape index (κ3) is 2.83. The standard InChI is InChI=1S/C11H20BNO2/c1-11(2)8-14-12(15-9-11)10-4-6-13(3)7-5-10/h4H,5-9H2,1-3H3. The van der Waals surface area contributed by atoms with E-state index in [0.717, 1.165) is 32.7 Å². The summed E-state index contributed by atoms with van der Waals surface area (Å²) in [7, 11) is 2.06. The van der Waals surface area contributed by atoms with E-state index in [0.29, 0.717) is 0 Å². The normalized spacial score (nSPS) is 27.7. The molecule has 0 amide bonds. The topological polar surface area (TPSA) is 21.7 Å². The van der Waals surface area contributed by atoms with Gasteiger partial charge in [0.25, 0.3) is 0 Å². The van der Waals surface area contributed by atoms with Gasteiger partial charge in [0.2, 0.25) is 0 Å². The van der Waals surface area contributed by atoms with Crippen molar-refractivity contribution in [3.8, 4) is 0 Å². The summed E-state index contributed by atoms with van der Waals surface area (Å²) in [6, 6.07) is 0. The highest BCUT2D eigenvalue weighted by Crippen LogP contribution is 2.25. The molecular formula is C11H20BNO2. The van der Waals surface area contributed by atoms with Crippen molar-refractivity contribution < 1.29 is 9.31 Å². The molecule has 2 heterocycles. The van der Waals surface area contributed by atoms with E-state index in [1.54, 1.807) is 0 Å². The molecule has 0 N–H and O–H groups in total. The Morgan fingerprint density at radius 3 is 2.53 bits per heavy atom. The van der Waals surface area contributed by atoms with E-state index in [1.807, 2.05) is 0 Å². The van der Waals surface area contributed by atoms with E-state index in [-0.39, 0.29) is 12.5 Å². The highest BCUT2D eigenvalue weighted by Gasteiger charge is 2.35. The molecule has 1 saturated heterocycles. The first-order valence-corrected chi connectivity index (χ1v) is 5.67. The third-order valence-corrected chi connectivity index (χ3v) is 3.00. The van der Waals surface area contributed by atoms with Crippen LogP contribution in [0.4, 0.5) is 0 Å². The van der Waals surface area contributed by atoms with E-state index in [1.165, 1.54) is 5.47 Å². The second kappa shape index (κ2) is 4.28. The van der Waals surface area contributed by atoms with Crippen molar-refractivity contribution in [3.05, 3.63) is 11.5 Å². The number of hydrogen-bond donors (Lipinski definition) is 0. The summed E-state index contributed by atoms with van der Waals surface area (Å²) in [6.07, 6.45) is 3.31. The Morgan fingerprint density at radius 2 is 2.00 bits per heavy atom. The average molecular weight is 209 g/mol. The molecule has 84 valence electrons. The Balaban J connectivity index is 1.91. The van der Waals surface area contributed by atoms with Crippen molar-refractivity contribution in [2.45, 2.75) is 20.3 Å². The molecule has 2 rings (SSSR count). The van der Waals surface area contributed by atoms with Crippen LogP contribution in [-0.2, 0) is 9.31 Å². The van der Waals surface area contributed by atoms with Gasteiger partial charge < -0.3 is 14.2 Å². The lowest BCUT2D eigenvalue weighted by Gasteiger charge is -2.35. The predicted molar refractivity (Wildman–Crippen MR) is 61.6 cm³/mol. The van der Waals surface area contributed by atoms with Crippen molar-refractivity contribution in [1.29, 1.82) is 0 Å². The molecule has 0 aromatic heterocycles. The fourth-order valence-electron chi connectivity index (χ4n) is 1.91. The highest BCUT2D eigenvalue weighted by molar-refractivity contribution is 6.53. The van der Waals surface area contributed by atoms with Crippen LogP contribution in [0.5, 0.6) is 0 Å². The zero-order valence-electron chi connectivity index (χ0n) is 9.95. The molecule has 0 aliphatic carbocycles. The van der Waals surface area contributed by atoms with Crippen molar-refractivity contribution >= 4 is 7.12 Å². The lowest BCUT2D eigenvalue weighted by atomic mass is 9.72. The Morgan fingerprint density at radius 1 is 1.33 bits per heavy atom. The quantitative estimate of drug-likeness (QED) is 0.608. The molecular weight excluding hydrogens is 189 g/mol. The van der Waals surface area contributed by atoms with Crippen LogP contribution in [0, 0.1) is 5.41 Å². The second-order valence-corrected chi connectivity index (χ2v) is 5.41. The largest absolute Gasteiger partial charge is 0.489 e. The molecule has 0 bridgehead atoms. The lowest BCUT2D eigenvalue weighted by molar-refractivity contribution is 0.0314. The van der Waals surface area contributed by atoms with Crippen LogP contribution in [0.3, 0.4) is 0 Å². The molecule has 4 heteroatoms. The molecule has 2 aliphatic heterocycles. The molecule has 2 aliphatic rings. The maximum atomic E-state index is 5.76. The van der Waals surface area contributed by atoms with Crippen LogP contribution in [-0.4, -0.2) is 45.4 Å². The SMILES string of the molecule is CN1CC=C(B2OCC(C)(C)CO2)CC1. The van der Waals surface area contributed by atoms with Crippen LogP contribution < -0.4 is 0 Å². The summed E-state index contributed by atoms with van der Waals surface area (Å²) in [4.78, 5) is 2.30. The molecule has 0 radical (unpaired) electrons. The first-order chi connectivity index (χ1) is 7.07. The maximum Gasteiger partial charge on any atom is 0.489 e. The highest BCUT2D eigenvalue weighted by atomic mass is 16.6. The van der Waals surface area contributed by atoms with Crippen molar-refractivity contribution in [3.63, 3.8) is 0 Å². The summed E-state index contributed by atoms with van der Waals surface area (Å²) in [5.74, 6) is 0. The fraction of sp³-hybridized carbons (Fsp3) is 0.818. The second-order valence-electron chi connectivity index (χ2n) is 5.41. The first kappa shape index (κ1) is 11.2. The predicted octanol–water partition coefficient (Wildman–Crippen LogP) is 1.35. The summed E-state index contributed by atoms with van der Waals surface area (Å²) in [5, 5.41) is 0. The monoisotopic (exact) mass is 209 g/mol. The van der Waals surface area contributed by atoms with Crippen LogP contribution in [0.15, 0.2) is 11.5 Å². The minimum atomic E-state index is -0.0771. The van der Waals surface area contributed by atoms with Gasteiger partial charge in [-0.05, 0) is 18.9 Å². The Labute approximate surface area is 92.6 Å². The van der Waals surface area contributed by atoms with Crippen LogP contribution in [0.2, 0.25) is 0 Å². The zero-order chi connectivity index (χ0) is 10.9. The molecule has 0 aromatic rings. The zero-order valence-corrected chi connectivity index (χ0v) is 9.95. The molecule has 0 atom stereocenters. The molecule has 1 fully saturated rings. The van der Waals surface area contributed by atoms with Crippen LogP contribution in [0.1, 0.15) is 20.3 Å². The molecule has 15 heavy (non-hydrogen) atoms. The van der Waals surface area contributed by atoms with Crippen molar-refractivity contribution in [2.24, 2.45) is 5.41 Å². The molecule has 3 nitrogen and oxygen atoms in total. The van der Waals surface area contributed by atoms with Gasteiger partial charge in [-0.15, -0.1) is 0 Å². The number of nitrogens with zero attached hydrogens (tertiary/aromatic N) is 1. The fourth-order valence-corrected chi connectivity index (χ4v) is 1.91. The summed E-state index contributed by atoms with van der Waals surface area (Å²) in [6.45, 7) is 8.06. The first-order valence-electron chi connectivity index (χ1n) is 5.67. The van der Waals surface area contributed by atoms with Gasteiger partial charge in [0.05, 0.1) is 0 Å². The molecule has 0 spiro atoms. The van der Waals surface area contributed by atoms with Gasteiger partial charge in [0.15, 0.2) is 0 Å². The minimum Gasteiger partial charge on any atom is -0.407 e. The Bertz CT molecular complexity index is 255. The lowest BCUT2D eigenvalue weighted by Crippen LogP contribution is -2.43. The molecule has 0 unspecified atom stereocenters. The van der Waals surface area contributed by atoms with Gasteiger partial charge in [-0.25, -0.2) is 0 Å². The number of likely N-dealkylation sites (N-methyl/N-ethyl adjacent to an activating group) is 1. The van der Waals surface area contributed by atoms with Crippen molar-refractivity contribution in [2.75, 3.05) is 33.4 Å². The van der Waals surface area contributed by atoms with Gasteiger partial charge in [-0.1, -0.05) is 19.9 Å². The van der Waals surface area contributed by atoms with E-state index < -0.39 is 0 Å². The number of rotatable bonds is 1. The van der Waals surface area contributed by atoms with Crippen LogP contribution in [0.25, 0.3) is 0 Å². The van der Waals surface area contributed by atoms with Gasteiger partial charge in [-0.2, -0.15) is 0 Å². The summed E-state index contributed by atoms with van der Waals surface area (Å²) < 4.78 is 11.5. The van der Waals surface area contributed by atoms with E-state index in [4.69, 9.17) is 9.31 Å². The van der Waals surface area contributed by atoms with Crippen LogP contribution >= 0.6 is 0 Å². The van der Waals surface area contributed by atoms with Gasteiger partial charge >= 0.3 is 7.12 Å². The van der Waals surface area contributed by atoms with Gasteiger partial charge in [0, 0.05) is 31.7 Å². The van der Waals surface area contributed by atoms with Crippen molar-refractivity contribution in [1.82, 2.24) is 4.90 Å². The summed E-state index contributed by atoms with van der Waals surface area (Å²) in [5.41, 5.74) is 1.49. The smallest absolute Gasteiger partial charge is 0.407 e. The van der Waals surface area contributed by atoms with E-state index in [9.17, 15) is 0 Å². The summed E-state index contributed by atoms with van der Waals surface area (Å²) >= 11 is 0. The Kier molecular flexibility index (Phi) is 3.19. The number of hydrogen-bond acceptors (Lipinski definition) is 3. The van der Waals surface area contributed by atoms with E-state index >= 15 is 0 Å². The van der Waals surface area contributed by atoms with Gasteiger partial charge in [-0.3, -0.25) is 0 Å². The van der Waals surface area contributed by atoms with Gasteiger partial charge in [0.1, 0.15) is 0 Å². The maximum absolute atomic E-state index is 5.76. The average Bonchev–Trinajstić information content (AvgIpc) is 2.20. The Hall–Kier alpha value is -0.315. The minimum absolute atomic E-state index is 0.0771. The molecule has 0 aromatic carbocycles. The van der Waals surface area contributed by atoms with E-state index in [2.05, 4.69) is 31.9 Å². The third-order valence-electron chi connectivity index (χ3n) is 3.00.